The highest BCUT2D eigenvalue weighted by Gasteiger charge is 2.15. The van der Waals surface area contributed by atoms with E-state index in [1.807, 2.05) is 7.05 Å². The third-order valence-corrected chi connectivity index (χ3v) is 5.12. The molecule has 29 heavy (non-hydrogen) atoms. The van der Waals surface area contributed by atoms with Crippen LogP contribution in [0.3, 0.4) is 0 Å². The quantitative estimate of drug-likeness (QED) is 0.215. The standard InChI is InChI=1S/C22H38N4O2.HI/c1-18-8-9-20(21(15-18)28-14-13-27-4)16-25-22(23-3)24-10-6-12-26-11-5-7-19(2)17-26;/h8-9,15,19H,5-7,10-14,16-17H2,1-4H3,(H2,23,24,25);1H. The van der Waals surface area contributed by atoms with Crippen LogP contribution in [0.4, 0.5) is 0 Å². The molecule has 0 aromatic heterocycles. The van der Waals surface area contributed by atoms with Crippen LogP contribution in [0.15, 0.2) is 23.2 Å². The van der Waals surface area contributed by atoms with Gasteiger partial charge in [0.2, 0.25) is 0 Å². The van der Waals surface area contributed by atoms with Gasteiger partial charge >= 0.3 is 0 Å². The predicted molar refractivity (Wildman–Crippen MR) is 132 cm³/mol. The highest BCUT2D eigenvalue weighted by Crippen LogP contribution is 2.20. The number of methoxy groups -OCH3 is 1. The number of aliphatic imine (C=N–C) groups is 1. The summed E-state index contributed by atoms with van der Waals surface area (Å²) in [5.41, 5.74) is 2.30. The number of likely N-dealkylation sites (tertiary alicyclic amines) is 1. The van der Waals surface area contributed by atoms with Gasteiger partial charge in [0.25, 0.3) is 0 Å². The number of rotatable bonds is 10. The Morgan fingerprint density at radius 3 is 2.83 bits per heavy atom. The van der Waals surface area contributed by atoms with E-state index in [-0.39, 0.29) is 24.0 Å². The lowest BCUT2D eigenvalue weighted by atomic mass is 10.0. The van der Waals surface area contributed by atoms with E-state index in [1.165, 1.54) is 31.5 Å². The molecule has 1 aromatic carbocycles. The highest BCUT2D eigenvalue weighted by atomic mass is 127. The largest absolute Gasteiger partial charge is 0.491 e. The molecule has 1 saturated heterocycles. The van der Waals surface area contributed by atoms with E-state index < -0.39 is 0 Å². The van der Waals surface area contributed by atoms with E-state index in [0.29, 0.717) is 19.8 Å². The number of nitrogens with zero attached hydrogens (tertiary/aromatic N) is 2. The SMILES string of the molecule is CN=C(NCCCN1CCCC(C)C1)NCc1ccc(C)cc1OCCOC.I. The number of guanidine groups is 1. The number of benzene rings is 1. The summed E-state index contributed by atoms with van der Waals surface area (Å²) in [6, 6.07) is 6.29. The molecule has 1 unspecified atom stereocenters. The monoisotopic (exact) mass is 518 g/mol. The zero-order valence-corrected chi connectivity index (χ0v) is 20.8. The predicted octanol–water partition coefficient (Wildman–Crippen LogP) is 3.43. The Morgan fingerprint density at radius 2 is 2.10 bits per heavy atom. The molecule has 1 heterocycles. The molecule has 1 fully saturated rings. The summed E-state index contributed by atoms with van der Waals surface area (Å²) < 4.78 is 10.9. The van der Waals surface area contributed by atoms with Crippen LogP contribution in [0.2, 0.25) is 0 Å². The number of hydrogen-bond acceptors (Lipinski definition) is 4. The fourth-order valence-electron chi connectivity index (χ4n) is 3.58. The van der Waals surface area contributed by atoms with Gasteiger partial charge in [-0.25, -0.2) is 0 Å². The third kappa shape index (κ3) is 10.00. The molecule has 1 aliphatic heterocycles. The number of halogens is 1. The van der Waals surface area contributed by atoms with E-state index in [4.69, 9.17) is 9.47 Å². The van der Waals surface area contributed by atoms with E-state index in [1.54, 1.807) is 7.11 Å². The fraction of sp³-hybridized carbons (Fsp3) is 0.682. The Morgan fingerprint density at radius 1 is 1.28 bits per heavy atom. The lowest BCUT2D eigenvalue weighted by Crippen LogP contribution is -2.39. The molecule has 0 bridgehead atoms. The molecule has 166 valence electrons. The zero-order chi connectivity index (χ0) is 20.2. The average molecular weight is 518 g/mol. The van der Waals surface area contributed by atoms with Gasteiger partial charge in [-0.3, -0.25) is 4.99 Å². The number of ether oxygens (including phenoxy) is 2. The van der Waals surface area contributed by atoms with Crippen LogP contribution in [0.1, 0.15) is 37.3 Å². The maximum atomic E-state index is 5.87. The van der Waals surface area contributed by atoms with Gasteiger partial charge in [0.1, 0.15) is 12.4 Å². The van der Waals surface area contributed by atoms with Crippen LogP contribution in [0, 0.1) is 12.8 Å². The van der Waals surface area contributed by atoms with E-state index >= 15 is 0 Å². The van der Waals surface area contributed by atoms with Gasteiger partial charge in [0.05, 0.1) is 6.61 Å². The lowest BCUT2D eigenvalue weighted by Gasteiger charge is -2.30. The minimum absolute atomic E-state index is 0. The summed E-state index contributed by atoms with van der Waals surface area (Å²) in [4.78, 5) is 6.93. The summed E-state index contributed by atoms with van der Waals surface area (Å²) in [6.07, 6.45) is 3.84. The highest BCUT2D eigenvalue weighted by molar-refractivity contribution is 14.0. The maximum absolute atomic E-state index is 5.87. The van der Waals surface area contributed by atoms with Crippen LogP contribution in [0.5, 0.6) is 5.75 Å². The van der Waals surface area contributed by atoms with Crippen molar-refractivity contribution in [1.82, 2.24) is 15.5 Å². The van der Waals surface area contributed by atoms with Crippen molar-refractivity contribution in [1.29, 1.82) is 0 Å². The molecule has 2 N–H and O–H groups in total. The molecule has 0 aliphatic carbocycles. The molecule has 0 radical (unpaired) electrons. The van der Waals surface area contributed by atoms with Crippen molar-refractivity contribution in [2.24, 2.45) is 10.9 Å². The summed E-state index contributed by atoms with van der Waals surface area (Å²) in [6.45, 7) is 10.8. The minimum atomic E-state index is 0. The molecule has 1 aliphatic rings. The van der Waals surface area contributed by atoms with Crippen molar-refractivity contribution in [3.05, 3.63) is 29.3 Å². The van der Waals surface area contributed by atoms with Gasteiger partial charge in [-0.05, 0) is 56.8 Å². The van der Waals surface area contributed by atoms with Crippen molar-refractivity contribution < 1.29 is 9.47 Å². The maximum Gasteiger partial charge on any atom is 0.191 e. The van der Waals surface area contributed by atoms with Crippen LogP contribution in [-0.4, -0.2) is 64.4 Å². The smallest absolute Gasteiger partial charge is 0.191 e. The van der Waals surface area contributed by atoms with Gasteiger partial charge in [0.15, 0.2) is 5.96 Å². The first-order valence-electron chi connectivity index (χ1n) is 10.5. The van der Waals surface area contributed by atoms with Crippen molar-refractivity contribution >= 4 is 29.9 Å². The Labute approximate surface area is 193 Å². The molecule has 0 amide bonds. The summed E-state index contributed by atoms with van der Waals surface area (Å²) in [5.74, 6) is 2.57. The Hall–Kier alpha value is -1.06. The normalized spacial score (nSPS) is 17.5. The van der Waals surface area contributed by atoms with Gasteiger partial charge in [-0.1, -0.05) is 19.1 Å². The molecule has 7 heteroatoms. The van der Waals surface area contributed by atoms with Crippen molar-refractivity contribution in [3.8, 4) is 5.75 Å². The van der Waals surface area contributed by atoms with E-state index in [9.17, 15) is 0 Å². The second-order valence-electron chi connectivity index (χ2n) is 7.71. The Bertz CT molecular complexity index is 612. The van der Waals surface area contributed by atoms with Gasteiger partial charge in [-0.15, -0.1) is 24.0 Å². The second-order valence-corrected chi connectivity index (χ2v) is 7.71. The average Bonchev–Trinajstić information content (AvgIpc) is 2.69. The van der Waals surface area contributed by atoms with Crippen molar-refractivity contribution in [3.63, 3.8) is 0 Å². The fourth-order valence-corrected chi connectivity index (χ4v) is 3.58. The zero-order valence-electron chi connectivity index (χ0n) is 18.5. The Balaban J connectivity index is 0.00000420. The van der Waals surface area contributed by atoms with Crippen LogP contribution < -0.4 is 15.4 Å². The molecule has 0 spiro atoms. The molecule has 6 nitrogen and oxygen atoms in total. The van der Waals surface area contributed by atoms with Crippen LogP contribution >= 0.6 is 24.0 Å². The van der Waals surface area contributed by atoms with E-state index in [0.717, 1.165) is 42.7 Å². The molecule has 1 aromatic rings. The van der Waals surface area contributed by atoms with Gasteiger partial charge in [-0.2, -0.15) is 0 Å². The minimum Gasteiger partial charge on any atom is -0.491 e. The molecule has 2 rings (SSSR count). The number of piperidine rings is 1. The van der Waals surface area contributed by atoms with E-state index in [2.05, 4.69) is 52.6 Å². The number of hydrogen-bond donors (Lipinski definition) is 2. The van der Waals surface area contributed by atoms with Gasteiger partial charge < -0.3 is 25.0 Å². The summed E-state index contributed by atoms with van der Waals surface area (Å²) >= 11 is 0. The first-order chi connectivity index (χ1) is 13.6. The third-order valence-electron chi connectivity index (χ3n) is 5.12. The molecular formula is C22H39IN4O2. The number of nitrogens with one attached hydrogen (secondary N) is 2. The van der Waals surface area contributed by atoms with Crippen LogP contribution in [0.25, 0.3) is 0 Å². The molecule has 1 atom stereocenters. The topological polar surface area (TPSA) is 58.1 Å². The first kappa shape index (κ1) is 26.0. The summed E-state index contributed by atoms with van der Waals surface area (Å²) in [7, 11) is 3.50. The first-order valence-corrected chi connectivity index (χ1v) is 10.5. The summed E-state index contributed by atoms with van der Waals surface area (Å²) in [5, 5.41) is 6.82. The van der Waals surface area contributed by atoms with Crippen LogP contribution in [-0.2, 0) is 11.3 Å². The van der Waals surface area contributed by atoms with Crippen molar-refractivity contribution in [2.75, 3.05) is 53.6 Å². The Kier molecular flexibility index (Phi) is 13.3. The second kappa shape index (κ2) is 14.8. The molecular weight excluding hydrogens is 479 g/mol. The lowest BCUT2D eigenvalue weighted by molar-refractivity contribution is 0.145. The number of aryl methyl sites for hydroxylation is 1. The van der Waals surface area contributed by atoms with Crippen molar-refractivity contribution in [2.45, 2.75) is 39.7 Å². The van der Waals surface area contributed by atoms with Gasteiger partial charge in [0, 0.05) is 39.4 Å². The molecule has 0 saturated carbocycles.